The van der Waals surface area contributed by atoms with Crippen molar-refractivity contribution in [2.45, 2.75) is 0 Å². The zero-order valence-electron chi connectivity index (χ0n) is 15.5. The zero-order chi connectivity index (χ0) is 26.3. The fourth-order valence-electron chi connectivity index (χ4n) is 0.570. The first-order valence-electron chi connectivity index (χ1n) is 7.06. The van der Waals surface area contributed by atoms with Crippen molar-refractivity contribution in [3.63, 3.8) is 0 Å². The molecule has 8 N–H and O–H groups in total. The Morgan fingerprint density at radius 3 is 0.344 bits per heavy atom. The van der Waals surface area contributed by atoms with E-state index in [-0.39, 0.29) is 0 Å². The summed E-state index contributed by atoms with van der Waals surface area (Å²) in [6.07, 6.45) is 4.46. The Morgan fingerprint density at radius 2 is 0.312 bits per heavy atom. The second-order valence-corrected chi connectivity index (χ2v) is 4.04. The van der Waals surface area contributed by atoms with Gasteiger partial charge in [0.2, 0.25) is 0 Å². The Kier molecular flexibility index (Phi) is 23.6. The third-order valence-corrected chi connectivity index (χ3v) is 1.47. The van der Waals surface area contributed by atoms with Gasteiger partial charge in [-0.25, -0.2) is 38.4 Å². The third-order valence-electron chi connectivity index (χ3n) is 1.47. The first-order chi connectivity index (χ1) is 14.5. The average Bonchev–Trinajstić information content (AvgIpc) is 2.63. The van der Waals surface area contributed by atoms with Crippen LogP contribution in [0, 0.1) is 0 Å². The van der Waals surface area contributed by atoms with Crippen LogP contribution in [0.25, 0.3) is 0 Å². The van der Waals surface area contributed by atoms with Gasteiger partial charge in [-0.15, -0.1) is 0 Å². The summed E-state index contributed by atoms with van der Waals surface area (Å²) in [6.45, 7) is 0. The van der Waals surface area contributed by atoms with Crippen LogP contribution in [0.4, 0.5) is 0 Å². The quantitative estimate of drug-likeness (QED) is 0.196. The van der Waals surface area contributed by atoms with Crippen LogP contribution in [0.1, 0.15) is 0 Å². The van der Waals surface area contributed by atoms with Gasteiger partial charge in [0.05, 0.1) is 0 Å². The van der Waals surface area contributed by atoms with Crippen LogP contribution in [-0.2, 0) is 38.4 Å². The maximum Gasteiger partial charge on any atom is 0.328 e. The lowest BCUT2D eigenvalue weighted by Crippen LogP contribution is -1.91. The molecule has 0 atom stereocenters. The molecular formula is C16H16O16. The number of aliphatic carboxylic acids is 8. The lowest BCUT2D eigenvalue weighted by atomic mass is 10.5. The van der Waals surface area contributed by atoms with Gasteiger partial charge >= 0.3 is 47.8 Å². The van der Waals surface area contributed by atoms with E-state index in [1.165, 1.54) is 0 Å². The topological polar surface area (TPSA) is 298 Å². The van der Waals surface area contributed by atoms with Crippen molar-refractivity contribution in [2.24, 2.45) is 0 Å². The lowest BCUT2D eigenvalue weighted by Gasteiger charge is -1.74. The molecule has 0 amide bonds. The lowest BCUT2D eigenvalue weighted by molar-refractivity contribution is -0.134. The average molecular weight is 464 g/mol. The van der Waals surface area contributed by atoms with E-state index in [1.807, 2.05) is 0 Å². The molecule has 0 aliphatic carbocycles. The maximum absolute atomic E-state index is 9.55. The smallest absolute Gasteiger partial charge is 0.328 e. The highest BCUT2D eigenvalue weighted by atomic mass is 16.4. The van der Waals surface area contributed by atoms with Crippen LogP contribution in [0.5, 0.6) is 0 Å². The molecule has 0 aromatic rings. The molecule has 0 fully saturated rings. The predicted molar refractivity (Wildman–Crippen MR) is 97.6 cm³/mol. The van der Waals surface area contributed by atoms with Crippen LogP contribution < -0.4 is 0 Å². The summed E-state index contributed by atoms with van der Waals surface area (Å²) in [6, 6.07) is 0. The van der Waals surface area contributed by atoms with Gasteiger partial charge in [0.25, 0.3) is 0 Å². The van der Waals surface area contributed by atoms with Crippen molar-refractivity contribution in [3.05, 3.63) is 48.6 Å². The van der Waals surface area contributed by atoms with E-state index in [0.717, 1.165) is 0 Å². The van der Waals surface area contributed by atoms with Gasteiger partial charge in [-0.3, -0.25) is 0 Å². The summed E-state index contributed by atoms with van der Waals surface area (Å²) in [4.78, 5) is 76.4. The molecule has 0 rings (SSSR count). The van der Waals surface area contributed by atoms with Crippen LogP contribution in [0.15, 0.2) is 48.6 Å². The first kappa shape index (κ1) is 34.2. The number of hydrogen-bond acceptors (Lipinski definition) is 8. The summed E-state index contributed by atoms with van der Waals surface area (Å²) < 4.78 is 0. The number of hydrogen-bond donors (Lipinski definition) is 8. The van der Waals surface area contributed by atoms with Crippen LogP contribution in [-0.4, -0.2) is 88.6 Å². The molecule has 0 unspecified atom stereocenters. The molecule has 0 aromatic heterocycles. The van der Waals surface area contributed by atoms with Crippen molar-refractivity contribution in [2.75, 3.05) is 0 Å². The van der Waals surface area contributed by atoms with E-state index < -0.39 is 47.8 Å². The summed E-state index contributed by atoms with van der Waals surface area (Å²) >= 11 is 0. The van der Waals surface area contributed by atoms with Crippen LogP contribution >= 0.6 is 0 Å². The molecule has 0 radical (unpaired) electrons. The van der Waals surface area contributed by atoms with Gasteiger partial charge in [-0.1, -0.05) is 0 Å². The van der Waals surface area contributed by atoms with E-state index >= 15 is 0 Å². The first-order valence-corrected chi connectivity index (χ1v) is 7.06. The minimum absolute atomic E-state index is 0.558. The Morgan fingerprint density at radius 1 is 0.250 bits per heavy atom. The molecule has 0 saturated carbocycles. The molecule has 0 aliphatic rings. The molecule has 176 valence electrons. The van der Waals surface area contributed by atoms with Gasteiger partial charge in [0.15, 0.2) is 0 Å². The summed E-state index contributed by atoms with van der Waals surface area (Å²) in [5.74, 6) is -10.1. The van der Waals surface area contributed by atoms with E-state index in [0.29, 0.717) is 48.6 Å². The Hall–Kier alpha value is -5.28. The standard InChI is InChI=1S/4C4H4O4/c4*5-3(6)1-2-4(7)8/h4*1-2H,(H,5,6)(H,7,8)/b2*2-1+;2*2-1-. The van der Waals surface area contributed by atoms with Gasteiger partial charge in [0.1, 0.15) is 0 Å². The zero-order valence-corrected chi connectivity index (χ0v) is 15.5. The SMILES string of the molecule is O=C(O)/C=C/C(=O)O.O=C(O)/C=C/C(=O)O.O=C(O)/C=C\C(=O)O.O=C(O)/C=C\C(=O)O. The van der Waals surface area contributed by atoms with Crippen molar-refractivity contribution >= 4 is 47.8 Å². The molecule has 16 nitrogen and oxygen atoms in total. The molecule has 0 saturated heterocycles. The fourth-order valence-corrected chi connectivity index (χ4v) is 0.570. The normalized spacial score (nSPS) is 9.50. The molecule has 0 bridgehead atoms. The van der Waals surface area contributed by atoms with Gasteiger partial charge in [0, 0.05) is 48.6 Å². The largest absolute Gasteiger partial charge is 0.478 e. The minimum Gasteiger partial charge on any atom is -0.478 e. The molecule has 16 heteroatoms. The predicted octanol–water partition coefficient (Wildman–Crippen LogP) is -1.15. The van der Waals surface area contributed by atoms with E-state index in [9.17, 15) is 38.4 Å². The van der Waals surface area contributed by atoms with Crippen LogP contribution in [0.2, 0.25) is 0 Å². The van der Waals surface area contributed by atoms with Crippen molar-refractivity contribution in [1.82, 2.24) is 0 Å². The molecule has 0 aliphatic heterocycles. The molecule has 32 heavy (non-hydrogen) atoms. The fraction of sp³-hybridized carbons (Fsp3) is 0. The summed E-state index contributed by atoms with van der Waals surface area (Å²) in [5, 5.41) is 62.5. The van der Waals surface area contributed by atoms with Crippen molar-refractivity contribution < 1.29 is 79.2 Å². The van der Waals surface area contributed by atoms with E-state index in [2.05, 4.69) is 0 Å². The van der Waals surface area contributed by atoms with Crippen LogP contribution in [0.3, 0.4) is 0 Å². The Bertz CT molecular complexity index is 612. The van der Waals surface area contributed by atoms with Gasteiger partial charge in [-0.2, -0.15) is 0 Å². The summed E-state index contributed by atoms with van der Waals surface area (Å²) in [5.41, 5.74) is 0. The Balaban J connectivity index is -0.000000163. The molecular weight excluding hydrogens is 448 g/mol. The van der Waals surface area contributed by atoms with Gasteiger partial charge < -0.3 is 40.9 Å². The van der Waals surface area contributed by atoms with Crippen molar-refractivity contribution in [3.8, 4) is 0 Å². The second-order valence-electron chi connectivity index (χ2n) is 4.04. The van der Waals surface area contributed by atoms with Crippen molar-refractivity contribution in [1.29, 1.82) is 0 Å². The van der Waals surface area contributed by atoms with E-state index in [4.69, 9.17) is 40.9 Å². The minimum atomic E-state index is -1.26. The highest BCUT2D eigenvalue weighted by Crippen LogP contribution is 1.72. The summed E-state index contributed by atoms with van der Waals surface area (Å²) in [7, 11) is 0. The molecule has 0 heterocycles. The number of carbonyl (C=O) groups is 8. The Labute approximate surface area is 176 Å². The molecule has 0 spiro atoms. The number of carboxylic acids is 8. The maximum atomic E-state index is 9.55. The highest BCUT2D eigenvalue weighted by molar-refractivity contribution is 5.91. The second kappa shape index (κ2) is 22.0. The third kappa shape index (κ3) is 64.2. The van der Waals surface area contributed by atoms with Gasteiger partial charge in [-0.05, 0) is 0 Å². The molecule has 0 aromatic carbocycles. The number of rotatable bonds is 8. The highest BCUT2D eigenvalue weighted by Gasteiger charge is 1.90. The monoisotopic (exact) mass is 464 g/mol. The number of carboxylic acid groups (broad SMARTS) is 8. The van der Waals surface area contributed by atoms with E-state index in [1.54, 1.807) is 0 Å².